The Balaban J connectivity index is 0.953. The van der Waals surface area contributed by atoms with Crippen molar-refractivity contribution >= 4 is 29.0 Å². The Bertz CT molecular complexity index is 1820. The first-order valence-electron chi connectivity index (χ1n) is 16.0. The number of likely N-dealkylation sites (tertiary alicyclic amines) is 1. The van der Waals surface area contributed by atoms with E-state index in [0.29, 0.717) is 24.2 Å². The van der Waals surface area contributed by atoms with E-state index in [1.165, 1.54) is 25.5 Å². The van der Waals surface area contributed by atoms with Crippen LogP contribution in [-0.4, -0.2) is 82.7 Å². The lowest BCUT2D eigenvalue weighted by atomic mass is 9.44. The number of hydrogen-bond acceptors (Lipinski definition) is 8. The normalized spacial score (nSPS) is 25.2. The number of rotatable bonds is 5. The lowest BCUT2D eigenvalue weighted by Crippen LogP contribution is -2.70. The molecule has 3 saturated heterocycles. The summed E-state index contributed by atoms with van der Waals surface area (Å²) < 4.78 is 6.64. The molecule has 2 atom stereocenters. The fraction of sp³-hybridized carbons (Fsp3) is 0.457. The molecule has 10 nitrogen and oxygen atoms in total. The summed E-state index contributed by atoms with van der Waals surface area (Å²) in [6, 6.07) is 18.6. The third-order valence-corrected chi connectivity index (χ3v) is 11.4. The number of esters is 1. The molecule has 1 aliphatic carbocycles. The van der Waals surface area contributed by atoms with Gasteiger partial charge in [-0.3, -0.25) is 4.79 Å². The minimum absolute atomic E-state index is 0.00983. The molecule has 3 aliphatic heterocycles. The van der Waals surface area contributed by atoms with Gasteiger partial charge in [-0.25, -0.2) is 19.3 Å². The van der Waals surface area contributed by atoms with E-state index in [0.717, 1.165) is 61.7 Å². The van der Waals surface area contributed by atoms with Gasteiger partial charge in [-0.15, -0.1) is 5.10 Å². The van der Waals surface area contributed by atoms with Gasteiger partial charge in [-0.2, -0.15) is 0 Å². The molecule has 0 N–H and O–H groups in total. The smallest absolute Gasteiger partial charge is 0.356 e. The Labute approximate surface area is 263 Å². The monoisotopic (exact) mass is 605 g/mol. The van der Waals surface area contributed by atoms with Crippen LogP contribution in [0.2, 0.25) is 0 Å². The standard InChI is InChI=1S/C35H39N7O3/c1-24-18-26(41-22-35(23-41)13-12-33(35,2)25-8-5-4-6-9-25)19-42-30(24)37-29(38-42)31(43)40-17-15-34(21-40)14-16-39(20-34)28-11-7-10-27(36-28)32(44)45-3/h4-11,18-19H,12-17,20-23H2,1-3H3/t33-,34+/m0/s1. The first-order valence-corrected chi connectivity index (χ1v) is 16.0. The van der Waals surface area contributed by atoms with Crippen LogP contribution < -0.4 is 9.80 Å². The van der Waals surface area contributed by atoms with E-state index in [4.69, 9.17) is 14.8 Å². The molecule has 8 rings (SSSR count). The summed E-state index contributed by atoms with van der Waals surface area (Å²) in [5.74, 6) is 0.467. The van der Waals surface area contributed by atoms with Crippen LogP contribution in [0.15, 0.2) is 60.8 Å². The van der Waals surface area contributed by atoms with Crippen molar-refractivity contribution in [2.24, 2.45) is 10.8 Å². The average molecular weight is 606 g/mol. The maximum atomic E-state index is 13.7. The first kappa shape index (κ1) is 28.0. The topological polar surface area (TPSA) is 96.2 Å². The molecule has 1 saturated carbocycles. The van der Waals surface area contributed by atoms with Gasteiger partial charge in [0.1, 0.15) is 5.82 Å². The SMILES string of the molecule is COC(=O)c1cccc(N2CC[C@@]3(CCN(C(=O)c4nc5c(C)cc(N6CC7(CC[C@@]7(C)c7ccccc7)C6)cn5n4)C3)C2)n1. The molecular formula is C35H39N7O3. The van der Waals surface area contributed by atoms with Gasteiger partial charge < -0.3 is 19.4 Å². The molecule has 4 aromatic rings. The second-order valence-electron chi connectivity index (χ2n) is 13.9. The van der Waals surface area contributed by atoms with Crippen LogP contribution in [0.4, 0.5) is 11.5 Å². The Hall–Kier alpha value is -4.47. The molecule has 0 unspecified atom stereocenters. The van der Waals surface area contributed by atoms with Crippen LogP contribution in [-0.2, 0) is 10.2 Å². The van der Waals surface area contributed by atoms with Gasteiger partial charge in [-0.05, 0) is 61.9 Å². The zero-order valence-electron chi connectivity index (χ0n) is 26.2. The fourth-order valence-electron chi connectivity index (χ4n) is 8.41. The minimum Gasteiger partial charge on any atom is -0.464 e. The largest absolute Gasteiger partial charge is 0.464 e. The van der Waals surface area contributed by atoms with Gasteiger partial charge in [0.05, 0.1) is 19.0 Å². The Morgan fingerprint density at radius 2 is 1.67 bits per heavy atom. The van der Waals surface area contributed by atoms with E-state index in [1.807, 2.05) is 23.2 Å². The van der Waals surface area contributed by atoms with Crippen molar-refractivity contribution in [2.75, 3.05) is 56.2 Å². The number of nitrogens with zero attached hydrogens (tertiary/aromatic N) is 7. The maximum Gasteiger partial charge on any atom is 0.356 e. The third kappa shape index (κ3) is 4.32. The number of carbonyl (C=O) groups is 2. The lowest BCUT2D eigenvalue weighted by molar-refractivity contribution is -0.0247. The molecule has 1 aromatic carbocycles. The summed E-state index contributed by atoms with van der Waals surface area (Å²) >= 11 is 0. The molecular weight excluding hydrogens is 566 g/mol. The molecule has 45 heavy (non-hydrogen) atoms. The van der Waals surface area contributed by atoms with Gasteiger partial charge in [0.2, 0.25) is 5.82 Å². The molecule has 10 heteroatoms. The zero-order valence-corrected chi connectivity index (χ0v) is 26.2. The van der Waals surface area contributed by atoms with Crippen LogP contribution in [0, 0.1) is 17.8 Å². The molecule has 0 bridgehead atoms. The van der Waals surface area contributed by atoms with Crippen molar-refractivity contribution in [2.45, 2.75) is 44.9 Å². The summed E-state index contributed by atoms with van der Waals surface area (Å²) in [6.45, 7) is 9.49. The van der Waals surface area contributed by atoms with E-state index in [9.17, 15) is 9.59 Å². The summed E-state index contributed by atoms with van der Waals surface area (Å²) in [5.41, 5.74) is 5.14. The molecule has 0 radical (unpaired) electrons. The van der Waals surface area contributed by atoms with Crippen molar-refractivity contribution in [3.63, 3.8) is 0 Å². The van der Waals surface area contributed by atoms with Gasteiger partial charge in [0.15, 0.2) is 11.3 Å². The number of amides is 1. The Morgan fingerprint density at radius 3 is 2.42 bits per heavy atom. The second kappa shape index (κ2) is 10.0. The van der Waals surface area contributed by atoms with Gasteiger partial charge in [0, 0.05) is 55.5 Å². The molecule has 4 fully saturated rings. The summed E-state index contributed by atoms with van der Waals surface area (Å²) in [4.78, 5) is 41.5. The van der Waals surface area contributed by atoms with E-state index < -0.39 is 5.97 Å². The Kier molecular flexibility index (Phi) is 6.24. The summed E-state index contributed by atoms with van der Waals surface area (Å²) in [6.07, 6.45) is 6.40. The van der Waals surface area contributed by atoms with Crippen molar-refractivity contribution in [3.8, 4) is 0 Å². The van der Waals surface area contributed by atoms with Crippen LogP contribution in [0.5, 0.6) is 0 Å². The number of aromatic nitrogens is 4. The number of anilines is 2. The first-order chi connectivity index (χ1) is 21.7. The Morgan fingerprint density at radius 1 is 0.867 bits per heavy atom. The highest BCUT2D eigenvalue weighted by atomic mass is 16.5. The summed E-state index contributed by atoms with van der Waals surface area (Å²) in [7, 11) is 1.36. The highest BCUT2D eigenvalue weighted by Gasteiger charge is 2.62. The number of pyridine rings is 2. The number of benzene rings is 1. The fourth-order valence-corrected chi connectivity index (χ4v) is 8.41. The highest BCUT2D eigenvalue weighted by Crippen LogP contribution is 2.62. The van der Waals surface area contributed by atoms with E-state index in [-0.39, 0.29) is 22.6 Å². The van der Waals surface area contributed by atoms with Crippen molar-refractivity contribution in [1.29, 1.82) is 0 Å². The van der Waals surface area contributed by atoms with Crippen molar-refractivity contribution in [1.82, 2.24) is 24.5 Å². The zero-order chi connectivity index (χ0) is 31.0. The van der Waals surface area contributed by atoms with E-state index in [1.54, 1.807) is 10.6 Å². The number of ether oxygens (including phenoxy) is 1. The predicted molar refractivity (Wildman–Crippen MR) is 171 cm³/mol. The highest BCUT2D eigenvalue weighted by molar-refractivity contribution is 5.91. The van der Waals surface area contributed by atoms with Crippen molar-refractivity contribution < 1.29 is 14.3 Å². The number of aryl methyl sites for hydroxylation is 1. The van der Waals surface area contributed by atoms with Gasteiger partial charge in [-0.1, -0.05) is 43.3 Å². The minimum atomic E-state index is -0.441. The van der Waals surface area contributed by atoms with Gasteiger partial charge in [0.25, 0.3) is 5.91 Å². The van der Waals surface area contributed by atoms with Crippen LogP contribution >= 0.6 is 0 Å². The number of methoxy groups -OCH3 is 1. The van der Waals surface area contributed by atoms with Crippen LogP contribution in [0.3, 0.4) is 0 Å². The number of carbonyl (C=O) groups excluding carboxylic acids is 2. The van der Waals surface area contributed by atoms with Crippen LogP contribution in [0.25, 0.3) is 5.65 Å². The van der Waals surface area contributed by atoms with Crippen molar-refractivity contribution in [3.05, 3.63) is 83.4 Å². The predicted octanol–water partition coefficient (Wildman–Crippen LogP) is 4.52. The molecule has 232 valence electrons. The average Bonchev–Trinajstić information content (AvgIpc) is 3.78. The molecule has 6 heterocycles. The third-order valence-electron chi connectivity index (χ3n) is 11.4. The molecule has 2 spiro atoms. The quantitative estimate of drug-likeness (QED) is 0.307. The molecule has 4 aliphatic rings. The van der Waals surface area contributed by atoms with Gasteiger partial charge >= 0.3 is 5.97 Å². The maximum absolute atomic E-state index is 13.7. The summed E-state index contributed by atoms with van der Waals surface area (Å²) in [5, 5.41) is 4.70. The molecule has 1 amide bonds. The number of fused-ring (bicyclic) bond motifs is 1. The number of hydrogen-bond donors (Lipinski definition) is 0. The van der Waals surface area contributed by atoms with E-state index in [2.05, 4.69) is 65.0 Å². The van der Waals surface area contributed by atoms with E-state index >= 15 is 0 Å². The van der Waals surface area contributed by atoms with Crippen LogP contribution in [0.1, 0.15) is 64.8 Å². The second-order valence-corrected chi connectivity index (χ2v) is 13.9. The molecule has 3 aromatic heterocycles. The lowest BCUT2D eigenvalue weighted by Gasteiger charge is -2.67.